The van der Waals surface area contributed by atoms with Crippen LogP contribution < -0.4 is 25.8 Å². The average Bonchev–Trinajstić information content (AvgIpc) is 3.55. The topological polar surface area (TPSA) is 141 Å². The molecule has 3 N–H and O–H groups in total. The third-order valence-corrected chi connectivity index (χ3v) is 5.86. The van der Waals surface area contributed by atoms with Gasteiger partial charge in [0.2, 0.25) is 6.79 Å². The lowest BCUT2D eigenvalue weighted by Crippen LogP contribution is -2.37. The fourth-order valence-corrected chi connectivity index (χ4v) is 4.30. The lowest BCUT2D eigenvalue weighted by molar-refractivity contribution is -0.123. The number of nitrogens with one attached hydrogen (secondary N) is 3. The van der Waals surface area contributed by atoms with Crippen LogP contribution in [0.5, 0.6) is 11.5 Å². The minimum absolute atomic E-state index is 0.101. The first-order valence-corrected chi connectivity index (χ1v) is 10.9. The van der Waals surface area contributed by atoms with Crippen molar-refractivity contribution in [3.63, 3.8) is 0 Å². The number of aromatic nitrogens is 2. The zero-order valence-corrected chi connectivity index (χ0v) is 18.1. The summed E-state index contributed by atoms with van der Waals surface area (Å²) in [6, 6.07) is 8.93. The molecule has 5 rings (SSSR count). The van der Waals surface area contributed by atoms with Gasteiger partial charge in [-0.05, 0) is 43.2 Å². The predicted octanol–water partition coefficient (Wildman–Crippen LogP) is 2.68. The van der Waals surface area contributed by atoms with Crippen molar-refractivity contribution in [3.8, 4) is 11.5 Å². The molecule has 176 valence electrons. The summed E-state index contributed by atoms with van der Waals surface area (Å²) in [6.45, 7) is -0.546. The first-order valence-electron chi connectivity index (χ1n) is 10.9. The fourth-order valence-electron chi connectivity index (χ4n) is 4.30. The second-order valence-corrected chi connectivity index (χ2v) is 8.12. The molecule has 0 saturated heterocycles. The molecule has 1 aliphatic heterocycles. The van der Waals surface area contributed by atoms with Crippen LogP contribution in [0.2, 0.25) is 0 Å². The summed E-state index contributed by atoms with van der Waals surface area (Å²) in [7, 11) is 0. The van der Waals surface area contributed by atoms with E-state index in [2.05, 4.69) is 15.6 Å². The summed E-state index contributed by atoms with van der Waals surface area (Å²) in [4.78, 5) is 51.6. The van der Waals surface area contributed by atoms with E-state index in [0.717, 1.165) is 31.2 Å². The van der Waals surface area contributed by atoms with Gasteiger partial charge < -0.3 is 24.5 Å². The van der Waals surface area contributed by atoms with Crippen molar-refractivity contribution in [1.82, 2.24) is 14.9 Å². The summed E-state index contributed by atoms with van der Waals surface area (Å²) in [5.41, 5.74) is 1.63. The maximum Gasteiger partial charge on any atom is 0.338 e. The number of fused-ring (bicyclic) bond motifs is 2. The van der Waals surface area contributed by atoms with Crippen molar-refractivity contribution >= 4 is 34.6 Å². The van der Waals surface area contributed by atoms with Crippen LogP contribution in [0.15, 0.2) is 41.2 Å². The quantitative estimate of drug-likeness (QED) is 0.491. The lowest BCUT2D eigenvalue weighted by Gasteiger charge is -2.11. The molecule has 2 aromatic carbocycles. The van der Waals surface area contributed by atoms with Gasteiger partial charge >= 0.3 is 17.7 Å². The van der Waals surface area contributed by atoms with Crippen LogP contribution in [0.1, 0.15) is 42.1 Å². The van der Waals surface area contributed by atoms with Crippen LogP contribution in [0.3, 0.4) is 0 Å². The molecule has 11 heteroatoms. The molecule has 0 spiro atoms. The van der Waals surface area contributed by atoms with E-state index in [1.165, 1.54) is 6.07 Å². The number of imide groups is 1. The van der Waals surface area contributed by atoms with Crippen molar-refractivity contribution in [2.75, 3.05) is 18.7 Å². The third kappa shape index (κ3) is 4.32. The van der Waals surface area contributed by atoms with Crippen LogP contribution >= 0.6 is 0 Å². The molecule has 1 aromatic heterocycles. The highest BCUT2D eigenvalue weighted by molar-refractivity contribution is 6.02. The number of imidazole rings is 1. The Kier molecular flexibility index (Phi) is 5.66. The number of carbonyl (C=O) groups is 3. The third-order valence-electron chi connectivity index (χ3n) is 5.86. The van der Waals surface area contributed by atoms with Gasteiger partial charge in [-0.1, -0.05) is 12.8 Å². The first-order chi connectivity index (χ1) is 16.5. The molecule has 3 aromatic rings. The summed E-state index contributed by atoms with van der Waals surface area (Å²) in [6.07, 6.45) is 4.08. The molecule has 0 bridgehead atoms. The number of H-pyrrole nitrogens is 1. The summed E-state index contributed by atoms with van der Waals surface area (Å²) in [5.74, 6) is -0.502. The molecule has 11 nitrogen and oxygen atoms in total. The monoisotopic (exact) mass is 466 g/mol. The number of amides is 3. The highest BCUT2D eigenvalue weighted by Gasteiger charge is 2.22. The van der Waals surface area contributed by atoms with Gasteiger partial charge in [-0.25, -0.2) is 14.4 Å². The van der Waals surface area contributed by atoms with Crippen LogP contribution in [0.25, 0.3) is 11.0 Å². The van der Waals surface area contributed by atoms with Crippen LogP contribution in [-0.4, -0.2) is 40.9 Å². The number of hydrogen-bond acceptors (Lipinski definition) is 7. The molecule has 34 heavy (non-hydrogen) atoms. The van der Waals surface area contributed by atoms with Gasteiger partial charge in [0.1, 0.15) is 0 Å². The van der Waals surface area contributed by atoms with Gasteiger partial charge in [0.05, 0.1) is 16.6 Å². The summed E-state index contributed by atoms with van der Waals surface area (Å²) in [5, 5.41) is 4.58. The van der Waals surface area contributed by atoms with E-state index in [1.807, 2.05) is 0 Å². The van der Waals surface area contributed by atoms with Crippen molar-refractivity contribution in [3.05, 3.63) is 52.4 Å². The maximum absolute atomic E-state index is 12.4. The number of carbonyl (C=O) groups excluding carboxylic acids is 3. The molecule has 1 fully saturated rings. The van der Waals surface area contributed by atoms with Gasteiger partial charge in [-0.3, -0.25) is 14.7 Å². The summed E-state index contributed by atoms with van der Waals surface area (Å²) >= 11 is 0. The average molecular weight is 466 g/mol. The zero-order valence-electron chi connectivity index (χ0n) is 18.1. The van der Waals surface area contributed by atoms with Gasteiger partial charge in [-0.15, -0.1) is 0 Å². The SMILES string of the molecule is O=C(COC(=O)c1ccc2c(c1)[nH]c(=O)n2C1CCCC1)NC(=O)Nc1ccc2c(c1)OCO2. The molecule has 0 radical (unpaired) electrons. The van der Waals surface area contributed by atoms with Crippen LogP contribution in [0, 0.1) is 0 Å². The van der Waals surface area contributed by atoms with E-state index < -0.39 is 24.5 Å². The fraction of sp³-hybridized carbons (Fsp3) is 0.304. The van der Waals surface area contributed by atoms with E-state index in [1.54, 1.807) is 34.9 Å². The van der Waals surface area contributed by atoms with Crippen molar-refractivity contribution < 1.29 is 28.6 Å². The Bertz CT molecular complexity index is 1340. The van der Waals surface area contributed by atoms with E-state index in [9.17, 15) is 19.2 Å². The van der Waals surface area contributed by atoms with Crippen molar-refractivity contribution in [2.24, 2.45) is 0 Å². The van der Waals surface area contributed by atoms with Crippen LogP contribution in [-0.2, 0) is 9.53 Å². The van der Waals surface area contributed by atoms with E-state index >= 15 is 0 Å². The predicted molar refractivity (Wildman–Crippen MR) is 120 cm³/mol. The van der Waals surface area contributed by atoms with Crippen LogP contribution in [0.4, 0.5) is 10.5 Å². The van der Waals surface area contributed by atoms with E-state index in [-0.39, 0.29) is 24.1 Å². The molecule has 2 aliphatic rings. The number of ether oxygens (including phenoxy) is 3. The number of urea groups is 1. The van der Waals surface area contributed by atoms with Gasteiger partial charge in [-0.2, -0.15) is 0 Å². The largest absolute Gasteiger partial charge is 0.454 e. The number of benzene rings is 2. The Morgan fingerprint density at radius 2 is 1.85 bits per heavy atom. The summed E-state index contributed by atoms with van der Waals surface area (Å²) < 4.78 is 17.2. The van der Waals surface area contributed by atoms with Gasteiger partial charge in [0.25, 0.3) is 5.91 Å². The number of nitrogens with zero attached hydrogens (tertiary/aromatic N) is 1. The van der Waals surface area contributed by atoms with E-state index in [4.69, 9.17) is 14.2 Å². The molecule has 0 unspecified atom stereocenters. The minimum Gasteiger partial charge on any atom is -0.454 e. The number of hydrogen-bond donors (Lipinski definition) is 3. The Morgan fingerprint density at radius 1 is 1.06 bits per heavy atom. The maximum atomic E-state index is 12.4. The van der Waals surface area contributed by atoms with E-state index in [0.29, 0.717) is 22.7 Å². The Labute approximate surface area is 193 Å². The standard InChI is InChI=1S/C23H22N4O7/c28-20(26-22(30)24-14-6-8-18-19(10-14)34-12-33-18)11-32-21(29)13-5-7-17-16(9-13)25-23(31)27(17)15-3-1-2-4-15/h5-10,15H,1-4,11-12H2,(H,25,31)(H2,24,26,28,30). The molecule has 3 amide bonds. The minimum atomic E-state index is -0.798. The Balaban J connectivity index is 1.16. The molecule has 2 heterocycles. The Morgan fingerprint density at radius 3 is 2.68 bits per heavy atom. The number of rotatable bonds is 5. The Hall–Kier alpha value is -4.28. The molecular weight excluding hydrogens is 444 g/mol. The number of esters is 1. The normalized spacial score (nSPS) is 14.8. The first kappa shape index (κ1) is 21.6. The van der Waals surface area contributed by atoms with Gasteiger partial charge in [0, 0.05) is 17.8 Å². The number of anilines is 1. The lowest BCUT2D eigenvalue weighted by atomic mass is 10.2. The second-order valence-electron chi connectivity index (χ2n) is 8.12. The molecule has 0 atom stereocenters. The number of aromatic amines is 1. The molecule has 1 saturated carbocycles. The molecular formula is C23H22N4O7. The smallest absolute Gasteiger partial charge is 0.338 e. The van der Waals surface area contributed by atoms with Gasteiger partial charge in [0.15, 0.2) is 18.1 Å². The zero-order chi connectivity index (χ0) is 23.7. The van der Waals surface area contributed by atoms with Crippen molar-refractivity contribution in [1.29, 1.82) is 0 Å². The van der Waals surface area contributed by atoms with Crippen molar-refractivity contribution in [2.45, 2.75) is 31.7 Å². The highest BCUT2D eigenvalue weighted by Crippen LogP contribution is 2.34. The second kappa shape index (κ2) is 8.93. The highest BCUT2D eigenvalue weighted by atomic mass is 16.7. The molecule has 1 aliphatic carbocycles.